The Morgan fingerprint density at radius 1 is 0.491 bits per heavy atom. The SMILES string of the molecule is C[C@H]1c2oncc2C[C@@]2(C)c3nc(N)nc(-c4ccccc4)c3CC[C@H]12.[3HH].[3H][3H].[3H][3H].[3H][3H].[3H][3H].[3H][3H].[3H][3H].[3H][3H].[3H][3H].[3H][3H].[3H][3H].[3H][3H].[3H][3H].[3H][3H].[3H][3H].[3H][3H].[3H][3H].[3H][3H].[3H][3H].[3H][3H].[3H][3H].[3H][3H].[3H][3H].[3H][3H].[3H][3H].[3H][3H].[3H][3H].[3H][3H].[3H][3H].[3H][3H].[3H][3H].[3H][3H].[3H][3H].[3H][3H].[3H][3H].[C-]#[N+]C1=C[C@@]2(C)c3nc(N)nc(-c4ccccc4)c3CC[C@@H]2[C@@H](C)C1=O.[C-]#[N+]C1=C[C@@]2(C)c3nc(NC(=O)C4CCCCC4)nc(-c4ccccc4)c3CC[C@@H]2[C@@H](C)C1=O.[C-]#[N+]C1C[C@@]2(C)c3nc(N)nc(-c4ccccc4)c3CC[C@@H]2[C@@H](C)C1=O. The molecule has 13 atom stereocenters. The number of rotatable bonds is 6. The molecule has 0 bridgehead atoms. The summed E-state index contributed by atoms with van der Waals surface area (Å²) in [5.74, 6) is 2.72. The Morgan fingerprint density at radius 3 is 1.32 bits per heavy atom. The quantitative estimate of drug-likeness (QED) is 0.112. The maximum atomic E-state index is 13.1. The summed E-state index contributed by atoms with van der Waals surface area (Å²) in [6, 6.07) is 39.7. The first kappa shape index (κ1) is 44.9. The average molecular weight is 1700 g/mol. The van der Waals surface area contributed by atoms with E-state index in [4.69, 9.17) is 157 Å². The molecule has 7 N–H and O–H groups in total. The van der Waals surface area contributed by atoms with E-state index in [0.717, 1.165) is 174 Å². The van der Waals surface area contributed by atoms with Gasteiger partial charge in [0, 0.05) is 210 Å². The van der Waals surface area contributed by atoms with Gasteiger partial charge >= 0.3 is 0 Å². The third-order valence-corrected chi connectivity index (χ3v) is 26.6. The van der Waals surface area contributed by atoms with Gasteiger partial charge in [0.05, 0.1) is 64.9 Å². The number of nitrogens with zero attached hydrogens (tertiary/aromatic N) is 12. The first-order valence-corrected chi connectivity index (χ1v) is 39.5. The molecule has 9 aliphatic carbocycles. The predicted molar refractivity (Wildman–Crippen MR) is 504 cm³/mol. The van der Waals surface area contributed by atoms with E-state index >= 15 is 0 Å². The van der Waals surface area contributed by atoms with Crippen molar-refractivity contribution in [2.45, 2.75) is 185 Å². The van der Waals surface area contributed by atoms with Crippen molar-refractivity contribution in [2.75, 3.05) is 22.5 Å². The minimum atomic E-state index is -0.589. The molecule has 2 fully saturated rings. The molecule has 0 spiro atoms. The van der Waals surface area contributed by atoms with Crippen LogP contribution in [0.3, 0.4) is 0 Å². The molecule has 0 aliphatic heterocycles. The first-order valence-electron chi connectivity index (χ1n) is 73.5. The Hall–Kier alpha value is -11.8. The van der Waals surface area contributed by atoms with E-state index in [1.807, 2.05) is 148 Å². The van der Waals surface area contributed by atoms with Crippen LogP contribution in [-0.4, -0.2) is 74.3 Å². The van der Waals surface area contributed by atoms with Gasteiger partial charge in [-0.15, -0.1) is 0 Å². The highest BCUT2D eigenvalue weighted by molar-refractivity contribution is 6.01. The molecule has 2 saturated carbocycles. The number of carbonyl (C=O) groups excluding carboxylic acids is 4. The van der Waals surface area contributed by atoms with Crippen LogP contribution in [0, 0.1) is 67.1 Å². The van der Waals surface area contributed by atoms with Crippen molar-refractivity contribution in [3.05, 3.63) is 242 Å². The maximum absolute atomic E-state index is 13.1. The number of Topliss-reactive ketones (excluding diaryl/α,β-unsaturated/α-hetero) is 3. The molecule has 21 nitrogen and oxygen atoms in total. The van der Waals surface area contributed by atoms with E-state index < -0.39 is 16.9 Å². The van der Waals surface area contributed by atoms with Gasteiger partial charge in [0.2, 0.25) is 46.9 Å². The summed E-state index contributed by atoms with van der Waals surface area (Å²) in [5.41, 5.74) is 34.3. The summed E-state index contributed by atoms with van der Waals surface area (Å²) in [6.45, 7) is 39.1. The lowest BCUT2D eigenvalue weighted by Crippen LogP contribution is -2.52. The van der Waals surface area contributed by atoms with Crippen LogP contribution in [0.4, 0.5) is 23.8 Å². The van der Waals surface area contributed by atoms with Gasteiger partial charge in [-0.3, -0.25) is 14.9 Å². The van der Waals surface area contributed by atoms with Gasteiger partial charge < -0.3 is 36.2 Å². The van der Waals surface area contributed by atoms with Gasteiger partial charge in [0.25, 0.3) is 6.04 Å². The van der Waals surface area contributed by atoms with Crippen molar-refractivity contribution in [1.29, 1.82) is 0 Å². The molecule has 5 aromatic heterocycles. The number of nitrogen functional groups attached to an aromatic ring is 3. The highest BCUT2D eigenvalue weighted by Crippen LogP contribution is 2.57. The third-order valence-electron chi connectivity index (χ3n) is 26.6. The van der Waals surface area contributed by atoms with Crippen LogP contribution in [0.5, 0.6) is 0 Å². The summed E-state index contributed by atoms with van der Waals surface area (Å²) in [5, 5.41) is 7.07. The molecular formula is C91H164N16O5. The molecule has 1 unspecified atom stereocenters. The molecule has 112 heavy (non-hydrogen) atoms. The molecule has 18 rings (SSSR count). The van der Waals surface area contributed by atoms with Crippen LogP contribution >= 0.6 is 0 Å². The standard InChI is InChI=1S/C28H30N4O2.2C21H22N4O.C21H20N4O.35H2/c1-17-21-15-14-20-23(18-10-6-4-7-11-18)30-27(32-26(34)19-12-8-5-9-13-19)31-25(20)28(21,2)16-22(29-3)24(17)33;1-12-16-9-8-15-17(13-6-4-3-5-7-13)24-20(22)25-19(15)21(16,2)10-14-11-23-26-18(12)14;2*1-12-15-10-9-14-17(13-7-5-4-6-8-13)24-20(22)25-19(14)21(15,2)11-16(23-3)18(12)26;;;;;;;;;;;;;;;;;;;;;;;;;;;;;;;;;;;/h4,6-7,10-11,16-17,19,21H,5,8-9,12-15H2,1-2H3,(H,30,31,32,34);3-7,11-12,16H,8-10H2,1-2H3,(H2,22,24,25);4-8,12,15-16H,9-11H2,1-2H3,(H2,22,24,25);4-8,11-12,15H,9-10H2,1-2H3,(H2,22,24,25);35*1H/t17-,21-,28-;12-,16-,21-;12-,15-,16?,21-;12-,15-,21-;;;;;;;;;;;;;;;;;;;;;;;;;;;;;;;;;;;/m1111.................................../s1/i;;;;34*1+2T;1+2. The topological polar surface area (TPSA) is 301 Å². The highest BCUT2D eigenvalue weighted by Gasteiger charge is 2.57. The van der Waals surface area contributed by atoms with E-state index in [2.05, 4.69) is 96.7 Å². The van der Waals surface area contributed by atoms with Crippen LogP contribution in [0.2, 0.25) is 0 Å². The number of hydrogen-bond acceptors (Lipinski definition) is 17. The lowest BCUT2D eigenvalue weighted by Gasteiger charge is -2.47. The van der Waals surface area contributed by atoms with Gasteiger partial charge in [0.15, 0.2) is 11.6 Å². The maximum Gasteiger partial charge on any atom is 0.282 e. The van der Waals surface area contributed by atoms with Crippen molar-refractivity contribution in [1.82, 2.24) is 45.0 Å². The molecule has 5 heterocycles. The second-order valence-electron chi connectivity index (χ2n) is 33.1. The zero-order chi connectivity index (χ0) is 147. The van der Waals surface area contributed by atoms with E-state index in [-0.39, 0.29) is 100 Å². The van der Waals surface area contributed by atoms with Crippen LogP contribution < -0.4 is 22.5 Å². The number of hydrogen-bond donors (Lipinski definition) is 4. The fourth-order valence-electron chi connectivity index (χ4n) is 21.0. The van der Waals surface area contributed by atoms with Gasteiger partial charge in [-0.05, 0) is 94.3 Å². The Labute approximate surface area is 760 Å². The summed E-state index contributed by atoms with van der Waals surface area (Å²) < 4.78 is 346. The van der Waals surface area contributed by atoms with E-state index in [9.17, 15) is 19.2 Å². The van der Waals surface area contributed by atoms with Crippen molar-refractivity contribution in [3.63, 3.8) is 0 Å². The van der Waals surface area contributed by atoms with Crippen LogP contribution in [0.25, 0.3) is 59.6 Å². The lowest BCUT2D eigenvalue weighted by atomic mass is 9.55. The Morgan fingerprint density at radius 2 is 0.884 bits per heavy atom. The van der Waals surface area contributed by atoms with Crippen LogP contribution in [-0.2, 0) is 72.9 Å². The highest BCUT2D eigenvalue weighted by atomic mass is 16.5. The lowest BCUT2D eigenvalue weighted by molar-refractivity contribution is -0.129. The zero-order valence-electron chi connectivity index (χ0n) is 133. The smallest absolute Gasteiger partial charge is 0.282 e. The number of nitrogens with two attached hydrogens (primary N) is 3. The summed E-state index contributed by atoms with van der Waals surface area (Å²) in [6.07, 6.45) is 19.1. The van der Waals surface area contributed by atoms with E-state index in [1.165, 1.54) is 17.5 Å². The average Bonchev–Trinajstić information content (AvgIpc) is 1.56. The minimum Gasteiger partial charge on any atom is -0.368 e. The molecule has 638 valence electrons. The van der Waals surface area contributed by atoms with Gasteiger partial charge in [-0.2, -0.15) is 0 Å². The number of aromatic nitrogens is 9. The first-order chi connectivity index (χ1) is 87.9. The number of carbonyl (C=O) groups is 4. The second-order valence-corrected chi connectivity index (χ2v) is 33.1. The molecule has 4 aromatic carbocycles. The van der Waals surface area contributed by atoms with Crippen molar-refractivity contribution in [2.24, 2.45) is 47.3 Å². The van der Waals surface area contributed by atoms with E-state index in [1.54, 1.807) is 0 Å². The summed E-state index contributed by atoms with van der Waals surface area (Å²) in [7, 11) is 0. The number of allylic oxidation sites excluding steroid dienone is 4. The summed E-state index contributed by atoms with van der Waals surface area (Å²) >= 11 is 0. The number of fused-ring (bicyclic) bond motifs is 13. The largest absolute Gasteiger partial charge is 0.368 e. The molecule has 9 aromatic rings. The van der Waals surface area contributed by atoms with Gasteiger partial charge in [0.1, 0.15) is 5.76 Å². The van der Waals surface area contributed by atoms with Crippen LogP contribution in [0.1, 0.15) is 284 Å². The van der Waals surface area contributed by atoms with E-state index in [0.29, 0.717) is 30.2 Å². The summed E-state index contributed by atoms with van der Waals surface area (Å²) in [4.78, 5) is 98.9. The zero-order valence-corrected chi connectivity index (χ0v) is 64.8. The van der Waals surface area contributed by atoms with Gasteiger partial charge in [-0.1, -0.05) is 213 Å². The van der Waals surface area contributed by atoms with Crippen molar-refractivity contribution >= 4 is 47.1 Å². The van der Waals surface area contributed by atoms with Gasteiger partial charge in [-0.25, -0.2) is 56.1 Å². The molecular weight excluding hydrogens is 1400 g/mol. The molecule has 1 amide bonds. The fourth-order valence-corrected chi connectivity index (χ4v) is 21.0. The predicted octanol–water partition coefficient (Wildman–Crippen LogP) is 25.0. The number of anilines is 4. The molecule has 21 heteroatoms. The van der Waals surface area contributed by atoms with Crippen LogP contribution in [0.15, 0.2) is 156 Å². The number of amides is 1. The fraction of sp³-hybridized carbons (Fsp3) is 0.407. The second kappa shape index (κ2) is 30.1. The molecule has 9 aliphatic rings. The normalized spacial score (nSPS) is 30.0. The number of benzene rings is 4. The molecule has 0 radical (unpaired) electrons. The Bertz CT molecular complexity index is 5580. The number of nitrogens with one attached hydrogen (secondary N) is 1. The Balaban J connectivity index is -0.0000000856. The third kappa shape index (κ3) is 13.3. The monoisotopic (exact) mass is 1700 g/mol. The molecule has 0 saturated heterocycles. The van der Waals surface area contributed by atoms with Crippen molar-refractivity contribution < 1.29 is 126 Å². The Kier molecular flexibility index (Phi) is 12.1. The minimum absolute atomic E-state index is 0. The number of ketones is 3. The van der Waals surface area contributed by atoms with Crippen molar-refractivity contribution in [3.8, 4) is 45.0 Å².